The fraction of sp³-hybridized carbons (Fsp3) is 0.909. The van der Waals surface area contributed by atoms with Crippen molar-refractivity contribution in [2.24, 2.45) is 5.73 Å². The van der Waals surface area contributed by atoms with Crippen LogP contribution in [-0.4, -0.2) is 44.8 Å². The molecule has 0 aromatic rings. The summed E-state index contributed by atoms with van der Waals surface area (Å²) in [6.07, 6.45) is 20.5. The Morgan fingerprint density at radius 2 is 1.52 bits per heavy atom. The van der Waals surface area contributed by atoms with E-state index in [1.165, 1.54) is 84.2 Å². The quantitative estimate of drug-likeness (QED) is 0.0440. The van der Waals surface area contributed by atoms with Crippen LogP contribution in [-0.2, 0) is 28.3 Å². The van der Waals surface area contributed by atoms with E-state index in [0.717, 1.165) is 6.42 Å². The molecule has 0 aliphatic heterocycles. The van der Waals surface area contributed by atoms with Crippen molar-refractivity contribution >= 4 is 8.60 Å². The number of ether oxygens (including phenoxy) is 3. The van der Waals surface area contributed by atoms with E-state index < -0.39 is 14.7 Å². The molecule has 0 aromatic heterocycles. The summed E-state index contributed by atoms with van der Waals surface area (Å²) in [4.78, 5) is 13.9. The molecule has 0 saturated heterocycles. The third-order valence-electron chi connectivity index (χ3n) is 4.68. The molecule has 0 amide bonds. The molecule has 0 heterocycles. The fourth-order valence-corrected chi connectivity index (χ4v) is 3.44. The van der Waals surface area contributed by atoms with Crippen LogP contribution >= 0.6 is 8.60 Å². The molecule has 0 spiro atoms. The number of unbranched alkanes of at least 4 members (excludes halogenated alkanes) is 12. The Balaban J connectivity index is 3.58. The molecule has 2 atom stereocenters. The predicted molar refractivity (Wildman–Crippen MR) is 124 cm³/mol. The molecule has 0 rings (SSSR count). The summed E-state index contributed by atoms with van der Waals surface area (Å²) in [5.74, 6) is 0. The lowest BCUT2D eigenvalue weighted by molar-refractivity contribution is -0.215. The molecule has 0 aromatic carbocycles. The van der Waals surface area contributed by atoms with Crippen molar-refractivity contribution in [1.29, 1.82) is 0 Å². The maximum absolute atomic E-state index is 9.47. The summed E-state index contributed by atoms with van der Waals surface area (Å²) < 4.78 is 25.5. The van der Waals surface area contributed by atoms with Crippen LogP contribution in [0.4, 0.5) is 0 Å². The van der Waals surface area contributed by atoms with Gasteiger partial charge in [0.1, 0.15) is 26.2 Å². The molecule has 0 aliphatic carbocycles. The summed E-state index contributed by atoms with van der Waals surface area (Å²) in [6, 6.07) is 0. The maximum Gasteiger partial charge on any atom is 0.360 e. The van der Waals surface area contributed by atoms with E-state index in [1.54, 1.807) is 6.26 Å². The average molecular weight is 468 g/mol. The Kier molecular flexibility index (Phi) is 25.7. The van der Waals surface area contributed by atoms with Crippen LogP contribution < -0.4 is 5.73 Å². The number of rotatable bonds is 25. The highest BCUT2D eigenvalue weighted by Gasteiger charge is 2.15. The van der Waals surface area contributed by atoms with Crippen molar-refractivity contribution in [2.45, 2.75) is 96.5 Å². The minimum Gasteiger partial charge on any atom is -0.499 e. The molecular formula is C22H46NO7P. The highest BCUT2D eigenvalue weighted by Crippen LogP contribution is 2.32. The Labute approximate surface area is 190 Å². The van der Waals surface area contributed by atoms with Crippen LogP contribution in [0.25, 0.3) is 0 Å². The Morgan fingerprint density at radius 3 is 2.10 bits per heavy atom. The summed E-state index contributed by atoms with van der Waals surface area (Å²) in [6.45, 7) is 2.55. The zero-order chi connectivity index (χ0) is 22.8. The Morgan fingerprint density at radius 1 is 0.903 bits per heavy atom. The first-order valence-corrected chi connectivity index (χ1v) is 12.9. The molecule has 3 N–H and O–H groups in total. The van der Waals surface area contributed by atoms with Crippen LogP contribution in [0.2, 0.25) is 0 Å². The van der Waals surface area contributed by atoms with Crippen LogP contribution in [0.3, 0.4) is 0 Å². The van der Waals surface area contributed by atoms with Crippen LogP contribution in [0.5, 0.6) is 0 Å². The molecular weight excluding hydrogens is 421 g/mol. The van der Waals surface area contributed by atoms with E-state index in [0.29, 0.717) is 0 Å². The molecule has 9 heteroatoms. The largest absolute Gasteiger partial charge is 0.499 e. The second kappa shape index (κ2) is 25.9. The van der Waals surface area contributed by atoms with E-state index in [-0.39, 0.29) is 26.7 Å². The minimum atomic E-state index is -2.17. The number of hydrogen-bond acceptors (Lipinski definition) is 8. The van der Waals surface area contributed by atoms with Crippen molar-refractivity contribution in [3.05, 3.63) is 12.3 Å². The first-order valence-electron chi connectivity index (χ1n) is 11.7. The van der Waals surface area contributed by atoms with Crippen LogP contribution in [0.15, 0.2) is 12.3 Å². The fourth-order valence-electron chi connectivity index (χ4n) is 2.95. The van der Waals surface area contributed by atoms with E-state index in [4.69, 9.17) is 24.5 Å². The van der Waals surface area contributed by atoms with Gasteiger partial charge in [-0.25, -0.2) is 4.89 Å². The van der Waals surface area contributed by atoms with Gasteiger partial charge in [-0.1, -0.05) is 77.6 Å². The van der Waals surface area contributed by atoms with Gasteiger partial charge in [-0.15, -0.1) is 0 Å². The van der Waals surface area contributed by atoms with Crippen LogP contribution in [0.1, 0.15) is 90.4 Å². The zero-order valence-electron chi connectivity index (χ0n) is 19.7. The van der Waals surface area contributed by atoms with Crippen molar-refractivity contribution in [3.8, 4) is 0 Å². The van der Waals surface area contributed by atoms with Crippen molar-refractivity contribution in [1.82, 2.24) is 0 Å². The molecule has 0 bridgehead atoms. The molecule has 0 aliphatic rings. The lowest BCUT2D eigenvalue weighted by atomic mass is 10.0. The molecule has 0 fully saturated rings. The second-order valence-electron chi connectivity index (χ2n) is 7.47. The lowest BCUT2D eigenvalue weighted by Gasteiger charge is -2.18. The van der Waals surface area contributed by atoms with Gasteiger partial charge in [-0.05, 0) is 18.9 Å². The van der Waals surface area contributed by atoms with Gasteiger partial charge in [-0.2, -0.15) is 4.67 Å². The highest BCUT2D eigenvalue weighted by molar-refractivity contribution is 7.40. The summed E-state index contributed by atoms with van der Waals surface area (Å²) in [5.41, 5.74) is 5.10. The van der Waals surface area contributed by atoms with Gasteiger partial charge in [0.05, 0.1) is 12.9 Å². The maximum atomic E-state index is 9.47. The van der Waals surface area contributed by atoms with Crippen molar-refractivity contribution in [3.63, 3.8) is 0 Å². The van der Waals surface area contributed by atoms with Crippen molar-refractivity contribution in [2.75, 3.05) is 33.8 Å². The Bertz CT molecular complexity index is 378. The first-order chi connectivity index (χ1) is 15.2. The number of methoxy groups -OCH3 is 1. The van der Waals surface area contributed by atoms with Gasteiger partial charge < -0.3 is 29.4 Å². The summed E-state index contributed by atoms with van der Waals surface area (Å²) >= 11 is 0. The molecule has 31 heavy (non-hydrogen) atoms. The smallest absolute Gasteiger partial charge is 0.360 e. The van der Waals surface area contributed by atoms with Gasteiger partial charge in [0.25, 0.3) is 0 Å². The van der Waals surface area contributed by atoms with Gasteiger partial charge in [-0.3, -0.25) is 0 Å². The summed E-state index contributed by atoms with van der Waals surface area (Å²) in [5, 5.41) is 0. The first kappa shape index (κ1) is 30.7. The molecule has 8 nitrogen and oxygen atoms in total. The topological polar surface area (TPSA) is 102 Å². The highest BCUT2D eigenvalue weighted by atomic mass is 31.2. The number of nitrogens with two attached hydrogens (primary N) is 1. The second-order valence-corrected chi connectivity index (χ2v) is 8.35. The average Bonchev–Trinajstić information content (AvgIpc) is 2.78. The van der Waals surface area contributed by atoms with Gasteiger partial charge in [0.15, 0.2) is 0 Å². The minimum absolute atomic E-state index is 0.0755. The number of hydrogen-bond donors (Lipinski definition) is 2. The molecule has 186 valence electrons. The van der Waals surface area contributed by atoms with Gasteiger partial charge >= 0.3 is 8.60 Å². The zero-order valence-corrected chi connectivity index (χ0v) is 20.6. The lowest BCUT2D eigenvalue weighted by Crippen LogP contribution is -2.25. The van der Waals surface area contributed by atoms with Crippen LogP contribution in [0, 0.1) is 0 Å². The van der Waals surface area contributed by atoms with Gasteiger partial charge in [0.2, 0.25) is 0 Å². The van der Waals surface area contributed by atoms with E-state index in [1.807, 2.05) is 6.08 Å². The standard InChI is InChI=1S/C22H46NO7P/c1-3-4-5-6-7-8-9-10-11-12-13-14-15-16-17-26-18-22(27-21-25-2)19-29-31(24)30-28-20-23/h16-17,22,24H,3-15,18-21,23H2,1-2H3. The third-order valence-corrected chi connectivity index (χ3v) is 5.28. The van der Waals surface area contributed by atoms with Gasteiger partial charge in [0, 0.05) is 7.11 Å². The van der Waals surface area contributed by atoms with E-state index >= 15 is 0 Å². The summed E-state index contributed by atoms with van der Waals surface area (Å²) in [7, 11) is -0.638. The normalized spacial score (nSPS) is 13.7. The van der Waals surface area contributed by atoms with E-state index in [2.05, 4.69) is 16.5 Å². The Hall–Kier alpha value is -0.310. The number of allylic oxidation sites excluding steroid dienone is 1. The molecule has 0 radical (unpaired) electrons. The monoisotopic (exact) mass is 467 g/mol. The molecule has 2 unspecified atom stereocenters. The molecule has 0 saturated carbocycles. The predicted octanol–water partition coefficient (Wildman–Crippen LogP) is 5.70. The third kappa shape index (κ3) is 24.2. The van der Waals surface area contributed by atoms with Crippen molar-refractivity contribution < 1.29 is 33.2 Å². The van der Waals surface area contributed by atoms with E-state index in [9.17, 15) is 4.89 Å². The SMILES string of the molecule is CCCCCCCCCCCCCCC=COCC(COP(O)OOCN)OCOC.